The van der Waals surface area contributed by atoms with Gasteiger partial charge in [-0.15, -0.1) is 0 Å². The van der Waals surface area contributed by atoms with Crippen molar-refractivity contribution in [2.75, 3.05) is 0 Å². The highest BCUT2D eigenvalue weighted by Gasteiger charge is 2.08. The summed E-state index contributed by atoms with van der Waals surface area (Å²) in [4.78, 5) is 10.3. The summed E-state index contributed by atoms with van der Waals surface area (Å²) in [5.41, 5.74) is 0.433. The Balaban J connectivity index is 0.000000423. The molecular weight excluding hydrogens is 195 g/mol. The average molecular weight is 212 g/mol. The van der Waals surface area contributed by atoms with Crippen LogP contribution >= 0.6 is 0 Å². The molecule has 1 aromatic carbocycles. The number of carboxylic acid groups (broad SMARTS) is 1. The maximum absolute atomic E-state index is 12.7. The molecule has 0 saturated heterocycles. The van der Waals surface area contributed by atoms with Crippen molar-refractivity contribution in [1.29, 1.82) is 0 Å². The topological polar surface area (TPSA) is 37.3 Å². The van der Waals surface area contributed by atoms with Crippen molar-refractivity contribution >= 4 is 5.97 Å². The Labute approximate surface area is 89.7 Å². The summed E-state index contributed by atoms with van der Waals surface area (Å²) in [7, 11) is 0. The molecule has 2 nitrogen and oxygen atoms in total. The van der Waals surface area contributed by atoms with E-state index in [0.717, 1.165) is 5.92 Å². The fraction of sp³-hybridized carbons (Fsp3) is 0.417. The van der Waals surface area contributed by atoms with E-state index in [0.29, 0.717) is 5.56 Å². The molecule has 0 spiro atoms. The maximum Gasteiger partial charge on any atom is 0.338 e. The number of hydrogen-bond donors (Lipinski definition) is 1. The van der Waals surface area contributed by atoms with Gasteiger partial charge in [-0.3, -0.25) is 0 Å². The van der Waals surface area contributed by atoms with Gasteiger partial charge in [0.1, 0.15) is 5.82 Å². The van der Waals surface area contributed by atoms with Crippen LogP contribution in [-0.4, -0.2) is 11.1 Å². The fourth-order valence-electron chi connectivity index (χ4n) is 0.794. The predicted octanol–water partition coefficient (Wildman–Crippen LogP) is 3.49. The third kappa shape index (κ3) is 5.83. The zero-order valence-electron chi connectivity index (χ0n) is 9.54. The van der Waals surface area contributed by atoms with Crippen LogP contribution < -0.4 is 0 Å². The molecule has 3 heteroatoms. The lowest BCUT2D eigenvalue weighted by atomic mass is 10.1. The summed E-state index contributed by atoms with van der Waals surface area (Å²) >= 11 is 0. The molecule has 0 amide bonds. The zero-order chi connectivity index (χ0) is 12.0. The molecular formula is C12H17FO2. The molecule has 15 heavy (non-hydrogen) atoms. The number of benzene rings is 1. The van der Waals surface area contributed by atoms with E-state index in [1.54, 1.807) is 13.0 Å². The molecule has 1 rings (SSSR count). The molecule has 0 bridgehead atoms. The largest absolute Gasteiger partial charge is 0.478 e. The smallest absolute Gasteiger partial charge is 0.338 e. The normalized spacial score (nSPS) is 9.47. The van der Waals surface area contributed by atoms with Crippen LogP contribution in [0.25, 0.3) is 0 Å². The van der Waals surface area contributed by atoms with Gasteiger partial charge < -0.3 is 5.11 Å². The van der Waals surface area contributed by atoms with Crippen LogP contribution in [-0.2, 0) is 0 Å². The SMILES string of the molecule is CC(C)C.Cc1ccc(C(=O)O)c(F)c1. The minimum atomic E-state index is -1.23. The third-order valence-corrected chi connectivity index (χ3v) is 1.35. The van der Waals surface area contributed by atoms with Crippen molar-refractivity contribution in [3.8, 4) is 0 Å². The molecule has 0 radical (unpaired) electrons. The van der Waals surface area contributed by atoms with Crippen molar-refractivity contribution < 1.29 is 14.3 Å². The standard InChI is InChI=1S/C8H7FO2.C4H10/c1-5-2-3-6(8(10)11)7(9)4-5;1-4(2)3/h2-4H,1H3,(H,10,11);4H,1-3H3. The van der Waals surface area contributed by atoms with E-state index < -0.39 is 11.8 Å². The zero-order valence-corrected chi connectivity index (χ0v) is 9.54. The predicted molar refractivity (Wildman–Crippen MR) is 58.6 cm³/mol. The molecule has 0 unspecified atom stereocenters. The third-order valence-electron chi connectivity index (χ3n) is 1.35. The van der Waals surface area contributed by atoms with Gasteiger partial charge in [-0.25, -0.2) is 9.18 Å². The number of aromatic carboxylic acids is 1. The number of carbonyl (C=O) groups is 1. The van der Waals surface area contributed by atoms with E-state index in [9.17, 15) is 9.18 Å². The van der Waals surface area contributed by atoms with E-state index in [-0.39, 0.29) is 5.56 Å². The highest BCUT2D eigenvalue weighted by Crippen LogP contribution is 2.08. The molecule has 0 fully saturated rings. The number of rotatable bonds is 1. The van der Waals surface area contributed by atoms with E-state index in [1.165, 1.54) is 12.1 Å². The van der Waals surface area contributed by atoms with E-state index in [1.807, 2.05) is 0 Å². The summed E-state index contributed by atoms with van der Waals surface area (Å²) in [5.74, 6) is -1.08. The van der Waals surface area contributed by atoms with Crippen LogP contribution in [0.5, 0.6) is 0 Å². The van der Waals surface area contributed by atoms with Gasteiger partial charge in [0, 0.05) is 0 Å². The summed E-state index contributed by atoms with van der Waals surface area (Å²) in [6.45, 7) is 8.20. The van der Waals surface area contributed by atoms with Crippen molar-refractivity contribution in [1.82, 2.24) is 0 Å². The van der Waals surface area contributed by atoms with Crippen LogP contribution in [0, 0.1) is 18.7 Å². The van der Waals surface area contributed by atoms with Crippen LogP contribution in [0.3, 0.4) is 0 Å². The Morgan fingerprint density at radius 3 is 2.13 bits per heavy atom. The number of carboxylic acids is 1. The van der Waals surface area contributed by atoms with Crippen LogP contribution in [0.1, 0.15) is 36.7 Å². The van der Waals surface area contributed by atoms with Gasteiger partial charge in [-0.2, -0.15) is 0 Å². The van der Waals surface area contributed by atoms with Gasteiger partial charge >= 0.3 is 5.97 Å². The van der Waals surface area contributed by atoms with Gasteiger partial charge in [0.15, 0.2) is 0 Å². The second-order valence-corrected chi connectivity index (χ2v) is 4.02. The van der Waals surface area contributed by atoms with Crippen molar-refractivity contribution in [3.05, 3.63) is 35.1 Å². The van der Waals surface area contributed by atoms with Gasteiger partial charge in [0.2, 0.25) is 0 Å². The number of aryl methyl sites for hydroxylation is 1. The molecule has 1 N–H and O–H groups in total. The average Bonchev–Trinajstić information content (AvgIpc) is 2.01. The highest BCUT2D eigenvalue weighted by molar-refractivity contribution is 5.87. The van der Waals surface area contributed by atoms with Gasteiger partial charge in [-0.05, 0) is 30.5 Å². The quantitative estimate of drug-likeness (QED) is 0.773. The summed E-state index contributed by atoms with van der Waals surface area (Å²) in [6.07, 6.45) is 0. The molecule has 0 saturated carbocycles. The number of halogens is 1. The number of hydrogen-bond acceptors (Lipinski definition) is 1. The molecule has 0 atom stereocenters. The van der Waals surface area contributed by atoms with E-state index in [2.05, 4.69) is 20.8 Å². The molecule has 84 valence electrons. The Morgan fingerprint density at radius 1 is 1.33 bits per heavy atom. The Morgan fingerprint density at radius 2 is 1.80 bits per heavy atom. The lowest BCUT2D eigenvalue weighted by Gasteiger charge is -1.96. The van der Waals surface area contributed by atoms with Crippen molar-refractivity contribution in [2.24, 2.45) is 5.92 Å². The first-order valence-electron chi connectivity index (χ1n) is 4.84. The monoisotopic (exact) mass is 212 g/mol. The highest BCUT2D eigenvalue weighted by atomic mass is 19.1. The molecule has 0 aromatic heterocycles. The van der Waals surface area contributed by atoms with Crippen LogP contribution in [0.15, 0.2) is 18.2 Å². The van der Waals surface area contributed by atoms with Crippen LogP contribution in [0.2, 0.25) is 0 Å². The summed E-state index contributed by atoms with van der Waals surface area (Å²) in [5, 5.41) is 8.42. The van der Waals surface area contributed by atoms with E-state index >= 15 is 0 Å². The minimum Gasteiger partial charge on any atom is -0.478 e. The van der Waals surface area contributed by atoms with E-state index in [4.69, 9.17) is 5.11 Å². The fourth-order valence-corrected chi connectivity index (χ4v) is 0.794. The molecule has 0 aliphatic heterocycles. The van der Waals surface area contributed by atoms with Gasteiger partial charge in [0.05, 0.1) is 5.56 Å². The summed E-state index contributed by atoms with van der Waals surface area (Å²) in [6, 6.07) is 4.02. The van der Waals surface area contributed by atoms with Crippen molar-refractivity contribution in [3.63, 3.8) is 0 Å². The first-order valence-corrected chi connectivity index (χ1v) is 4.84. The Bertz CT molecular complexity index is 330. The molecule has 0 aliphatic carbocycles. The second kappa shape index (κ2) is 6.17. The Hall–Kier alpha value is -1.38. The molecule has 0 aliphatic rings. The van der Waals surface area contributed by atoms with Gasteiger partial charge in [-0.1, -0.05) is 26.8 Å². The van der Waals surface area contributed by atoms with Gasteiger partial charge in [0.25, 0.3) is 0 Å². The van der Waals surface area contributed by atoms with Crippen molar-refractivity contribution in [2.45, 2.75) is 27.7 Å². The lowest BCUT2D eigenvalue weighted by Crippen LogP contribution is -1.99. The first kappa shape index (κ1) is 13.6. The molecule has 0 heterocycles. The Kier molecular flexibility index (Phi) is 5.60. The van der Waals surface area contributed by atoms with Crippen LogP contribution in [0.4, 0.5) is 4.39 Å². The summed E-state index contributed by atoms with van der Waals surface area (Å²) < 4.78 is 12.7. The molecule has 1 aromatic rings. The maximum atomic E-state index is 12.7. The second-order valence-electron chi connectivity index (χ2n) is 4.02. The minimum absolute atomic E-state index is 0.282. The lowest BCUT2D eigenvalue weighted by molar-refractivity contribution is 0.0692. The first-order chi connectivity index (χ1) is 6.84.